The molecular formula is C39H39Br3. The van der Waals surface area contributed by atoms with Crippen LogP contribution in [0.5, 0.6) is 0 Å². The highest BCUT2D eigenvalue weighted by Crippen LogP contribution is 2.70. The Morgan fingerprint density at radius 3 is 1.05 bits per heavy atom. The molecule has 0 unspecified atom stereocenters. The standard InChI is InChI=1S/C39H39Br3/c1-7-37(8-2)28-19-22(40)13-16-25(28)31-32-26-17-14-23(41)20-29(26)38(9-3,10-4)35(32)36-33(34(31)37)27-18-15-24(42)21-30(27)39(36,11-5)12-6/h13-21H,7-12H2,1-6H3. The summed E-state index contributed by atoms with van der Waals surface area (Å²) in [4.78, 5) is 0. The lowest BCUT2D eigenvalue weighted by Gasteiger charge is -2.39. The van der Waals surface area contributed by atoms with Crippen molar-refractivity contribution in [1.29, 1.82) is 0 Å². The Labute approximate surface area is 277 Å². The quantitative estimate of drug-likeness (QED) is 0.184. The number of rotatable bonds is 6. The normalized spacial score (nSPS) is 17.4. The van der Waals surface area contributed by atoms with Gasteiger partial charge in [-0.25, -0.2) is 0 Å². The lowest BCUT2D eigenvalue weighted by Crippen LogP contribution is -2.32. The van der Waals surface area contributed by atoms with E-state index in [2.05, 4.69) is 144 Å². The van der Waals surface area contributed by atoms with Crippen molar-refractivity contribution in [1.82, 2.24) is 0 Å². The van der Waals surface area contributed by atoms with Gasteiger partial charge in [-0.1, -0.05) is 108 Å². The highest BCUT2D eigenvalue weighted by molar-refractivity contribution is 9.11. The van der Waals surface area contributed by atoms with Gasteiger partial charge in [0.1, 0.15) is 0 Å². The van der Waals surface area contributed by atoms with E-state index in [0.717, 1.165) is 38.5 Å². The molecule has 0 radical (unpaired) electrons. The molecule has 0 heterocycles. The van der Waals surface area contributed by atoms with Gasteiger partial charge in [0.15, 0.2) is 0 Å². The van der Waals surface area contributed by atoms with Gasteiger partial charge in [-0.15, -0.1) is 0 Å². The van der Waals surface area contributed by atoms with Crippen LogP contribution in [0.25, 0.3) is 33.4 Å². The molecule has 0 atom stereocenters. The maximum Gasteiger partial charge on any atom is 0.0216 e. The number of hydrogen-bond donors (Lipinski definition) is 0. The second-order valence-electron chi connectivity index (χ2n) is 12.7. The predicted octanol–water partition coefficient (Wildman–Crippen LogP) is 13.2. The first-order valence-corrected chi connectivity index (χ1v) is 18.3. The molecule has 0 fully saturated rings. The zero-order valence-electron chi connectivity index (χ0n) is 25.6. The zero-order chi connectivity index (χ0) is 29.8. The maximum atomic E-state index is 3.90. The fourth-order valence-corrected chi connectivity index (χ4v) is 10.8. The molecule has 0 aromatic heterocycles. The molecule has 42 heavy (non-hydrogen) atoms. The average molecular weight is 747 g/mol. The summed E-state index contributed by atoms with van der Waals surface area (Å²) in [6.07, 6.45) is 6.55. The third-order valence-electron chi connectivity index (χ3n) is 11.9. The van der Waals surface area contributed by atoms with Gasteiger partial charge in [-0.3, -0.25) is 0 Å². The molecule has 4 aromatic rings. The Hall–Kier alpha value is -1.68. The number of hydrogen-bond acceptors (Lipinski definition) is 0. The smallest absolute Gasteiger partial charge is 0.0216 e. The van der Waals surface area contributed by atoms with Crippen LogP contribution in [0.4, 0.5) is 0 Å². The van der Waals surface area contributed by atoms with Crippen molar-refractivity contribution in [2.24, 2.45) is 0 Å². The fourth-order valence-electron chi connectivity index (χ4n) is 9.74. The van der Waals surface area contributed by atoms with E-state index in [1.54, 1.807) is 22.3 Å². The van der Waals surface area contributed by atoms with Crippen LogP contribution < -0.4 is 0 Å². The van der Waals surface area contributed by atoms with Crippen molar-refractivity contribution >= 4 is 47.8 Å². The summed E-state index contributed by atoms with van der Waals surface area (Å²) in [6, 6.07) is 21.4. The number of halogens is 3. The summed E-state index contributed by atoms with van der Waals surface area (Å²) in [7, 11) is 0. The second kappa shape index (κ2) is 9.91. The van der Waals surface area contributed by atoms with E-state index in [0.29, 0.717) is 0 Å². The van der Waals surface area contributed by atoms with Crippen LogP contribution in [-0.2, 0) is 16.2 Å². The van der Waals surface area contributed by atoms with Crippen molar-refractivity contribution in [3.8, 4) is 33.4 Å². The Morgan fingerprint density at radius 2 is 0.690 bits per heavy atom. The molecule has 0 saturated heterocycles. The van der Waals surface area contributed by atoms with Gasteiger partial charge < -0.3 is 0 Å². The molecule has 3 aliphatic rings. The van der Waals surface area contributed by atoms with Crippen LogP contribution in [0.15, 0.2) is 68.0 Å². The molecule has 0 nitrogen and oxygen atoms in total. The molecule has 0 N–H and O–H groups in total. The van der Waals surface area contributed by atoms with Gasteiger partial charge in [0, 0.05) is 29.7 Å². The maximum absolute atomic E-state index is 3.90. The average Bonchev–Trinajstić information content (AvgIpc) is 3.56. The van der Waals surface area contributed by atoms with Crippen LogP contribution >= 0.6 is 47.8 Å². The molecule has 3 aliphatic carbocycles. The summed E-state index contributed by atoms with van der Waals surface area (Å²) < 4.78 is 3.54. The lowest BCUT2D eigenvalue weighted by atomic mass is 9.63. The third kappa shape index (κ3) is 3.29. The van der Waals surface area contributed by atoms with Crippen LogP contribution in [0, 0.1) is 0 Å². The summed E-state index contributed by atoms with van der Waals surface area (Å²) in [5.41, 5.74) is 18.3. The zero-order valence-corrected chi connectivity index (χ0v) is 30.3. The van der Waals surface area contributed by atoms with Crippen molar-refractivity contribution < 1.29 is 0 Å². The molecular weight excluding hydrogens is 708 g/mol. The van der Waals surface area contributed by atoms with E-state index >= 15 is 0 Å². The number of benzene rings is 4. The van der Waals surface area contributed by atoms with Crippen molar-refractivity contribution in [3.05, 3.63) is 101 Å². The van der Waals surface area contributed by atoms with Crippen molar-refractivity contribution in [2.75, 3.05) is 0 Å². The van der Waals surface area contributed by atoms with Gasteiger partial charge in [0.2, 0.25) is 0 Å². The first-order valence-electron chi connectivity index (χ1n) is 15.9. The monoisotopic (exact) mass is 744 g/mol. The van der Waals surface area contributed by atoms with E-state index in [1.807, 2.05) is 0 Å². The van der Waals surface area contributed by atoms with E-state index in [9.17, 15) is 0 Å². The summed E-state index contributed by atoms with van der Waals surface area (Å²) in [5.74, 6) is 0. The molecule has 7 rings (SSSR count). The Morgan fingerprint density at radius 1 is 0.405 bits per heavy atom. The third-order valence-corrected chi connectivity index (χ3v) is 13.3. The van der Waals surface area contributed by atoms with Gasteiger partial charge in [-0.2, -0.15) is 0 Å². The van der Waals surface area contributed by atoms with Crippen molar-refractivity contribution in [2.45, 2.75) is 96.3 Å². The summed E-state index contributed by atoms with van der Waals surface area (Å²) in [6.45, 7) is 14.5. The number of fused-ring (bicyclic) bond motifs is 12. The van der Waals surface area contributed by atoms with Crippen LogP contribution in [0.1, 0.15) is 113 Å². The Balaban J connectivity index is 1.81. The first kappa shape index (κ1) is 29.1. The van der Waals surface area contributed by atoms with E-state index in [-0.39, 0.29) is 16.2 Å². The minimum Gasteiger partial charge on any atom is -0.0642 e. The summed E-state index contributed by atoms with van der Waals surface area (Å²) >= 11 is 11.7. The highest BCUT2D eigenvalue weighted by atomic mass is 79.9. The van der Waals surface area contributed by atoms with Gasteiger partial charge in [0.05, 0.1) is 0 Å². The van der Waals surface area contributed by atoms with E-state index < -0.39 is 0 Å². The molecule has 3 heteroatoms. The minimum absolute atomic E-state index is 0.0228. The predicted molar refractivity (Wildman–Crippen MR) is 190 cm³/mol. The van der Waals surface area contributed by atoms with Crippen LogP contribution in [0.3, 0.4) is 0 Å². The molecule has 0 spiro atoms. The van der Waals surface area contributed by atoms with E-state index in [1.165, 1.54) is 57.9 Å². The summed E-state index contributed by atoms with van der Waals surface area (Å²) in [5, 5.41) is 0. The molecule has 4 aromatic carbocycles. The van der Waals surface area contributed by atoms with Gasteiger partial charge >= 0.3 is 0 Å². The SMILES string of the molecule is CCC1(CC)c2cc(Br)ccc2-c2c3c(c4c(c21)-c1ccc(Br)cc1C4(CC)CC)C(CC)(CC)c1cc(Br)ccc1-3. The van der Waals surface area contributed by atoms with E-state index in [4.69, 9.17) is 0 Å². The Bertz CT molecular complexity index is 1780. The Kier molecular flexibility index (Phi) is 6.86. The minimum atomic E-state index is -0.0331. The molecule has 0 aliphatic heterocycles. The first-order chi connectivity index (χ1) is 20.2. The molecule has 0 bridgehead atoms. The molecule has 0 saturated carbocycles. The van der Waals surface area contributed by atoms with Crippen molar-refractivity contribution in [3.63, 3.8) is 0 Å². The molecule has 216 valence electrons. The van der Waals surface area contributed by atoms with Gasteiger partial charge in [-0.05, 0) is 142 Å². The van der Waals surface area contributed by atoms with Crippen LogP contribution in [-0.4, -0.2) is 0 Å². The van der Waals surface area contributed by atoms with Crippen LogP contribution in [0.2, 0.25) is 0 Å². The lowest BCUT2D eigenvalue weighted by molar-refractivity contribution is 0.445. The van der Waals surface area contributed by atoms with Gasteiger partial charge in [0.25, 0.3) is 0 Å². The topological polar surface area (TPSA) is 0 Å². The molecule has 0 amide bonds. The second-order valence-corrected chi connectivity index (χ2v) is 15.4. The largest absolute Gasteiger partial charge is 0.0642 e. The fraction of sp³-hybridized carbons (Fsp3) is 0.385. The highest BCUT2D eigenvalue weighted by Gasteiger charge is 2.56.